The first-order valence-corrected chi connectivity index (χ1v) is 5.71. The van der Waals surface area contributed by atoms with Gasteiger partial charge in [-0.25, -0.2) is 0 Å². The lowest BCUT2D eigenvalue weighted by molar-refractivity contribution is 0.586. The highest BCUT2D eigenvalue weighted by atomic mass is 14.9. The van der Waals surface area contributed by atoms with E-state index in [2.05, 4.69) is 41.6 Å². The van der Waals surface area contributed by atoms with Crippen LogP contribution in [0.1, 0.15) is 11.6 Å². The van der Waals surface area contributed by atoms with Gasteiger partial charge in [0.2, 0.25) is 0 Å². The molecule has 3 N–H and O–H groups in total. The Morgan fingerprint density at radius 3 is 2.71 bits per heavy atom. The summed E-state index contributed by atoms with van der Waals surface area (Å²) in [7, 11) is 0. The molecule has 0 bridgehead atoms. The van der Waals surface area contributed by atoms with Crippen LogP contribution in [0.3, 0.4) is 0 Å². The lowest BCUT2D eigenvalue weighted by Gasteiger charge is -2.17. The molecule has 86 valence electrons. The SMILES string of the molecule is C#CCNC(CN)c1cccc2ccccc12. The van der Waals surface area contributed by atoms with Gasteiger partial charge in [-0.05, 0) is 16.3 Å². The van der Waals surface area contributed by atoms with Crippen LogP contribution >= 0.6 is 0 Å². The molecule has 1 atom stereocenters. The van der Waals surface area contributed by atoms with E-state index < -0.39 is 0 Å². The minimum absolute atomic E-state index is 0.108. The zero-order chi connectivity index (χ0) is 12.1. The summed E-state index contributed by atoms with van der Waals surface area (Å²) < 4.78 is 0. The largest absolute Gasteiger partial charge is 0.329 e. The van der Waals surface area contributed by atoms with Crippen LogP contribution in [0.2, 0.25) is 0 Å². The lowest BCUT2D eigenvalue weighted by Crippen LogP contribution is -2.28. The van der Waals surface area contributed by atoms with Crippen LogP contribution in [0, 0.1) is 12.3 Å². The van der Waals surface area contributed by atoms with Gasteiger partial charge in [0, 0.05) is 12.6 Å². The average Bonchev–Trinajstić information content (AvgIpc) is 2.40. The van der Waals surface area contributed by atoms with Gasteiger partial charge < -0.3 is 5.73 Å². The van der Waals surface area contributed by atoms with Crippen LogP contribution in [0.25, 0.3) is 10.8 Å². The predicted molar refractivity (Wildman–Crippen MR) is 72.6 cm³/mol. The molecular weight excluding hydrogens is 208 g/mol. The van der Waals surface area contributed by atoms with Gasteiger partial charge in [0.15, 0.2) is 0 Å². The van der Waals surface area contributed by atoms with Crippen LogP contribution < -0.4 is 11.1 Å². The minimum atomic E-state index is 0.108. The standard InChI is InChI=1S/C15H16N2/c1-2-10-17-15(11-16)14-9-5-7-12-6-3-4-8-13(12)14/h1,3-9,15,17H,10-11,16H2. The first kappa shape index (κ1) is 11.7. The van der Waals surface area contributed by atoms with E-state index in [1.165, 1.54) is 16.3 Å². The normalized spacial score (nSPS) is 12.2. The molecule has 1 unspecified atom stereocenters. The third kappa shape index (κ3) is 2.47. The second kappa shape index (κ2) is 5.49. The first-order valence-electron chi connectivity index (χ1n) is 5.71. The molecule has 0 saturated carbocycles. The molecule has 0 aliphatic carbocycles. The van der Waals surface area contributed by atoms with Gasteiger partial charge in [0.25, 0.3) is 0 Å². The minimum Gasteiger partial charge on any atom is -0.329 e. The van der Waals surface area contributed by atoms with Gasteiger partial charge in [-0.15, -0.1) is 6.42 Å². The molecule has 2 heteroatoms. The molecule has 2 aromatic carbocycles. The van der Waals surface area contributed by atoms with E-state index in [0.29, 0.717) is 13.1 Å². The van der Waals surface area contributed by atoms with Crippen molar-refractivity contribution in [3.8, 4) is 12.3 Å². The van der Waals surface area contributed by atoms with Crippen LogP contribution in [0.4, 0.5) is 0 Å². The monoisotopic (exact) mass is 224 g/mol. The fourth-order valence-electron chi connectivity index (χ4n) is 2.06. The number of terminal acetylenes is 1. The van der Waals surface area contributed by atoms with Crippen molar-refractivity contribution in [1.29, 1.82) is 0 Å². The molecule has 0 saturated heterocycles. The molecule has 2 aromatic rings. The molecule has 0 fully saturated rings. The maximum Gasteiger partial charge on any atom is 0.0578 e. The molecule has 0 spiro atoms. The van der Waals surface area contributed by atoms with Gasteiger partial charge in [-0.1, -0.05) is 48.4 Å². The fraction of sp³-hybridized carbons (Fsp3) is 0.200. The molecule has 0 aliphatic heterocycles. The summed E-state index contributed by atoms with van der Waals surface area (Å²) in [5.74, 6) is 2.58. The van der Waals surface area contributed by atoms with Crippen molar-refractivity contribution in [1.82, 2.24) is 5.32 Å². The van der Waals surface area contributed by atoms with Crippen LogP contribution in [-0.4, -0.2) is 13.1 Å². The number of hydrogen-bond acceptors (Lipinski definition) is 2. The number of benzene rings is 2. The van der Waals surface area contributed by atoms with E-state index in [-0.39, 0.29) is 6.04 Å². The number of nitrogens with two attached hydrogens (primary N) is 1. The number of nitrogens with one attached hydrogen (secondary N) is 1. The Morgan fingerprint density at radius 2 is 1.94 bits per heavy atom. The average molecular weight is 224 g/mol. The second-order valence-electron chi connectivity index (χ2n) is 3.94. The Kier molecular flexibility index (Phi) is 3.77. The first-order chi connectivity index (χ1) is 8.36. The summed E-state index contributed by atoms with van der Waals surface area (Å²) >= 11 is 0. The second-order valence-corrected chi connectivity index (χ2v) is 3.94. The molecule has 0 radical (unpaired) electrons. The molecule has 0 aromatic heterocycles. The summed E-state index contributed by atoms with van der Waals surface area (Å²) in [5.41, 5.74) is 7.01. The Labute approximate surface area is 102 Å². The van der Waals surface area contributed by atoms with Gasteiger partial charge in [0.1, 0.15) is 0 Å². The summed E-state index contributed by atoms with van der Waals surface area (Å²) in [6.07, 6.45) is 5.27. The Hall–Kier alpha value is -1.82. The van der Waals surface area contributed by atoms with Crippen LogP contribution in [-0.2, 0) is 0 Å². The van der Waals surface area contributed by atoms with Gasteiger partial charge in [-0.2, -0.15) is 0 Å². The van der Waals surface area contributed by atoms with Crippen molar-refractivity contribution in [3.63, 3.8) is 0 Å². The topological polar surface area (TPSA) is 38.0 Å². The smallest absolute Gasteiger partial charge is 0.0578 e. The van der Waals surface area contributed by atoms with E-state index >= 15 is 0 Å². The molecule has 2 rings (SSSR count). The zero-order valence-corrected chi connectivity index (χ0v) is 9.69. The van der Waals surface area contributed by atoms with Crippen molar-refractivity contribution < 1.29 is 0 Å². The number of rotatable bonds is 4. The summed E-state index contributed by atoms with van der Waals surface area (Å²) in [5, 5.41) is 5.73. The van der Waals surface area contributed by atoms with Gasteiger partial charge in [-0.3, -0.25) is 5.32 Å². The summed E-state index contributed by atoms with van der Waals surface area (Å²) in [6, 6.07) is 14.7. The van der Waals surface area contributed by atoms with Crippen molar-refractivity contribution in [2.75, 3.05) is 13.1 Å². The molecule has 0 amide bonds. The Balaban J connectivity index is 2.43. The number of fused-ring (bicyclic) bond motifs is 1. The maximum atomic E-state index is 5.81. The molecule has 2 nitrogen and oxygen atoms in total. The maximum absolute atomic E-state index is 5.81. The van der Waals surface area contributed by atoms with Gasteiger partial charge in [0.05, 0.1) is 6.54 Å². The quantitative estimate of drug-likeness (QED) is 0.780. The molecule has 0 heterocycles. The Morgan fingerprint density at radius 1 is 1.18 bits per heavy atom. The van der Waals surface area contributed by atoms with Crippen molar-refractivity contribution in [2.45, 2.75) is 6.04 Å². The molecule has 17 heavy (non-hydrogen) atoms. The van der Waals surface area contributed by atoms with Gasteiger partial charge >= 0.3 is 0 Å². The fourth-order valence-corrected chi connectivity index (χ4v) is 2.06. The molecular formula is C15H16N2. The Bertz CT molecular complexity index is 535. The van der Waals surface area contributed by atoms with Crippen molar-refractivity contribution in [2.24, 2.45) is 5.73 Å². The van der Waals surface area contributed by atoms with E-state index in [1.807, 2.05) is 12.1 Å². The molecule has 0 aliphatic rings. The van der Waals surface area contributed by atoms with Crippen LogP contribution in [0.5, 0.6) is 0 Å². The summed E-state index contributed by atoms with van der Waals surface area (Å²) in [4.78, 5) is 0. The van der Waals surface area contributed by atoms with E-state index in [0.717, 1.165) is 0 Å². The van der Waals surface area contributed by atoms with E-state index in [9.17, 15) is 0 Å². The highest BCUT2D eigenvalue weighted by molar-refractivity contribution is 5.86. The van der Waals surface area contributed by atoms with Crippen molar-refractivity contribution in [3.05, 3.63) is 48.0 Å². The third-order valence-electron chi connectivity index (χ3n) is 2.89. The summed E-state index contributed by atoms with van der Waals surface area (Å²) in [6.45, 7) is 1.07. The van der Waals surface area contributed by atoms with E-state index in [4.69, 9.17) is 12.2 Å². The van der Waals surface area contributed by atoms with Crippen molar-refractivity contribution >= 4 is 10.8 Å². The highest BCUT2D eigenvalue weighted by Crippen LogP contribution is 2.23. The predicted octanol–water partition coefficient (Wildman–Crippen LogP) is 2.06. The number of hydrogen-bond donors (Lipinski definition) is 2. The lowest BCUT2D eigenvalue weighted by atomic mass is 9.99. The van der Waals surface area contributed by atoms with Crippen LogP contribution in [0.15, 0.2) is 42.5 Å². The highest BCUT2D eigenvalue weighted by Gasteiger charge is 2.10. The zero-order valence-electron chi connectivity index (χ0n) is 9.69. The third-order valence-corrected chi connectivity index (χ3v) is 2.89. The van der Waals surface area contributed by atoms with E-state index in [1.54, 1.807) is 0 Å².